The van der Waals surface area contributed by atoms with Gasteiger partial charge in [-0.05, 0) is 24.8 Å². The average molecular weight is 324 g/mol. The van der Waals surface area contributed by atoms with E-state index in [1.807, 2.05) is 11.4 Å². The topological polar surface area (TPSA) is 37.8 Å². The van der Waals surface area contributed by atoms with Gasteiger partial charge in [0.25, 0.3) is 0 Å². The summed E-state index contributed by atoms with van der Waals surface area (Å²) in [6, 6.07) is 1.92. The Balaban J connectivity index is 2.60. The molecule has 2 rings (SSSR count). The van der Waals surface area contributed by atoms with Crippen molar-refractivity contribution in [3.63, 3.8) is 0 Å². The smallest absolute Gasteiger partial charge is 0.136 e. The quantitative estimate of drug-likeness (QED) is 0.831. The zero-order valence-electron chi connectivity index (χ0n) is 13.2. The highest BCUT2D eigenvalue weighted by Gasteiger charge is 2.22. The molecule has 114 valence electrons. The largest absolute Gasteiger partial charge is 0.370 e. The van der Waals surface area contributed by atoms with Gasteiger partial charge in [-0.2, -0.15) is 0 Å². The van der Waals surface area contributed by atoms with Crippen LogP contribution >= 0.6 is 22.9 Å². The van der Waals surface area contributed by atoms with Crippen molar-refractivity contribution in [2.75, 3.05) is 11.9 Å². The molecule has 0 radical (unpaired) electrons. The van der Waals surface area contributed by atoms with Crippen LogP contribution in [0.4, 0.5) is 5.82 Å². The van der Waals surface area contributed by atoms with Crippen LogP contribution in [0.5, 0.6) is 0 Å². The number of nitrogens with one attached hydrogen (secondary N) is 1. The number of anilines is 1. The minimum absolute atomic E-state index is 0.102. The van der Waals surface area contributed by atoms with Crippen LogP contribution in [0.25, 0.3) is 10.6 Å². The van der Waals surface area contributed by atoms with Crippen molar-refractivity contribution >= 4 is 28.8 Å². The molecule has 0 saturated heterocycles. The van der Waals surface area contributed by atoms with Crippen molar-refractivity contribution in [2.24, 2.45) is 0 Å². The molecule has 0 bridgehead atoms. The van der Waals surface area contributed by atoms with Crippen LogP contribution in [0.15, 0.2) is 11.4 Å². The van der Waals surface area contributed by atoms with Gasteiger partial charge in [0.2, 0.25) is 0 Å². The molecule has 0 aliphatic heterocycles. The molecule has 2 heterocycles. The van der Waals surface area contributed by atoms with E-state index in [1.54, 1.807) is 11.3 Å². The zero-order valence-corrected chi connectivity index (χ0v) is 14.8. The van der Waals surface area contributed by atoms with Gasteiger partial charge < -0.3 is 5.32 Å². The second-order valence-corrected chi connectivity index (χ2v) is 7.47. The molecule has 0 aliphatic rings. The number of hydrogen-bond donors (Lipinski definition) is 1. The summed E-state index contributed by atoms with van der Waals surface area (Å²) in [7, 11) is 0. The first-order valence-electron chi connectivity index (χ1n) is 7.21. The normalized spacial score (nSPS) is 11.7. The van der Waals surface area contributed by atoms with Crippen LogP contribution in [0.1, 0.15) is 45.5 Å². The van der Waals surface area contributed by atoms with E-state index in [0.717, 1.165) is 45.8 Å². The van der Waals surface area contributed by atoms with Crippen LogP contribution in [-0.2, 0) is 5.41 Å². The van der Waals surface area contributed by atoms with Crippen LogP contribution in [0.3, 0.4) is 0 Å². The van der Waals surface area contributed by atoms with E-state index in [0.29, 0.717) is 0 Å². The Kier molecular flexibility index (Phi) is 4.89. The number of halogens is 1. The van der Waals surface area contributed by atoms with Crippen molar-refractivity contribution in [3.05, 3.63) is 27.9 Å². The van der Waals surface area contributed by atoms with Gasteiger partial charge >= 0.3 is 0 Å². The fraction of sp³-hybridized carbons (Fsp3) is 0.500. The maximum atomic E-state index is 6.30. The Morgan fingerprint density at radius 3 is 2.52 bits per heavy atom. The van der Waals surface area contributed by atoms with Crippen molar-refractivity contribution in [3.8, 4) is 10.6 Å². The summed E-state index contributed by atoms with van der Waals surface area (Å²) < 4.78 is 0. The van der Waals surface area contributed by atoms with Crippen molar-refractivity contribution in [1.29, 1.82) is 0 Å². The summed E-state index contributed by atoms with van der Waals surface area (Å²) in [5.41, 5.74) is 1.89. The lowest BCUT2D eigenvalue weighted by Crippen LogP contribution is -2.19. The highest BCUT2D eigenvalue weighted by molar-refractivity contribution is 7.14. The Hall–Kier alpha value is -1.13. The predicted molar refractivity (Wildman–Crippen MR) is 92.6 cm³/mol. The molecule has 0 atom stereocenters. The fourth-order valence-corrected chi connectivity index (χ4v) is 3.14. The molecule has 0 aliphatic carbocycles. The lowest BCUT2D eigenvalue weighted by Gasteiger charge is -2.20. The van der Waals surface area contributed by atoms with Crippen LogP contribution < -0.4 is 5.32 Å². The predicted octanol–water partition coefficient (Wildman–Crippen LogP) is 5.29. The maximum Gasteiger partial charge on any atom is 0.136 e. The van der Waals surface area contributed by atoms with Crippen LogP contribution in [0, 0.1) is 6.92 Å². The third kappa shape index (κ3) is 3.55. The van der Waals surface area contributed by atoms with E-state index in [9.17, 15) is 0 Å². The summed E-state index contributed by atoms with van der Waals surface area (Å²) in [5.74, 6) is 1.75. The maximum absolute atomic E-state index is 6.30. The van der Waals surface area contributed by atoms with Gasteiger partial charge in [0.15, 0.2) is 0 Å². The molecule has 5 heteroatoms. The first-order chi connectivity index (χ1) is 9.84. The van der Waals surface area contributed by atoms with E-state index in [4.69, 9.17) is 21.6 Å². The molecule has 3 nitrogen and oxygen atoms in total. The lowest BCUT2D eigenvalue weighted by atomic mass is 9.95. The standard InChI is InChI=1S/C16H22ClN3S/c1-6-8-18-14-10(2)12(13-11(17)7-9-21-13)19-15(20-14)16(3,4)5/h7,9H,6,8H2,1-5H3,(H,18,19,20). The second-order valence-electron chi connectivity index (χ2n) is 6.14. The summed E-state index contributed by atoms with van der Waals surface area (Å²) >= 11 is 7.92. The van der Waals surface area contributed by atoms with E-state index >= 15 is 0 Å². The summed E-state index contributed by atoms with van der Waals surface area (Å²) in [4.78, 5) is 10.5. The molecule has 2 aromatic rings. The van der Waals surface area contributed by atoms with Crippen LogP contribution in [0.2, 0.25) is 5.02 Å². The lowest BCUT2D eigenvalue weighted by molar-refractivity contribution is 0.546. The van der Waals surface area contributed by atoms with E-state index < -0.39 is 0 Å². The molecule has 0 unspecified atom stereocenters. The SMILES string of the molecule is CCCNc1nc(C(C)(C)C)nc(-c2sccc2Cl)c1C. The number of hydrogen-bond acceptors (Lipinski definition) is 4. The molecule has 0 saturated carbocycles. The number of rotatable bonds is 4. The first kappa shape index (κ1) is 16.2. The minimum Gasteiger partial charge on any atom is -0.370 e. The first-order valence-corrected chi connectivity index (χ1v) is 8.46. The summed E-state index contributed by atoms with van der Waals surface area (Å²) in [6.45, 7) is 11.5. The molecule has 1 N–H and O–H groups in total. The van der Waals surface area contributed by atoms with Crippen molar-refractivity contribution in [2.45, 2.75) is 46.5 Å². The molecular weight excluding hydrogens is 302 g/mol. The zero-order chi connectivity index (χ0) is 15.6. The van der Waals surface area contributed by atoms with E-state index in [1.165, 1.54) is 0 Å². The molecule has 0 aromatic carbocycles. The Morgan fingerprint density at radius 2 is 2.00 bits per heavy atom. The van der Waals surface area contributed by atoms with Gasteiger partial charge in [0, 0.05) is 17.5 Å². The third-order valence-electron chi connectivity index (χ3n) is 3.19. The highest BCUT2D eigenvalue weighted by atomic mass is 35.5. The number of nitrogens with zero attached hydrogens (tertiary/aromatic N) is 2. The number of thiophene rings is 1. The van der Waals surface area contributed by atoms with Crippen molar-refractivity contribution in [1.82, 2.24) is 9.97 Å². The molecular formula is C16H22ClN3S. The highest BCUT2D eigenvalue weighted by Crippen LogP contribution is 2.37. The number of aromatic nitrogens is 2. The van der Waals surface area contributed by atoms with Gasteiger partial charge in [-0.3, -0.25) is 0 Å². The Labute approximate surface area is 135 Å². The molecule has 0 amide bonds. The van der Waals surface area contributed by atoms with Crippen LogP contribution in [-0.4, -0.2) is 16.5 Å². The van der Waals surface area contributed by atoms with E-state index in [2.05, 4.69) is 39.9 Å². The van der Waals surface area contributed by atoms with Crippen molar-refractivity contribution < 1.29 is 0 Å². The van der Waals surface area contributed by atoms with Gasteiger partial charge in [0.05, 0.1) is 15.6 Å². The fourth-order valence-electron chi connectivity index (χ4n) is 1.95. The molecule has 21 heavy (non-hydrogen) atoms. The van der Waals surface area contributed by atoms with E-state index in [-0.39, 0.29) is 5.41 Å². The van der Waals surface area contributed by atoms with Gasteiger partial charge in [-0.1, -0.05) is 39.3 Å². The molecule has 2 aromatic heterocycles. The third-order valence-corrected chi connectivity index (χ3v) is 4.54. The van der Waals surface area contributed by atoms with Gasteiger partial charge in [0.1, 0.15) is 11.6 Å². The minimum atomic E-state index is -0.102. The average Bonchev–Trinajstić information content (AvgIpc) is 2.82. The second kappa shape index (κ2) is 6.32. The summed E-state index contributed by atoms with van der Waals surface area (Å²) in [6.07, 6.45) is 1.06. The van der Waals surface area contributed by atoms with Gasteiger partial charge in [-0.25, -0.2) is 9.97 Å². The monoisotopic (exact) mass is 323 g/mol. The Morgan fingerprint density at radius 1 is 1.29 bits per heavy atom. The van der Waals surface area contributed by atoms with Gasteiger partial charge in [-0.15, -0.1) is 11.3 Å². The molecule has 0 spiro atoms. The molecule has 0 fully saturated rings. The Bertz CT molecular complexity index is 629. The summed E-state index contributed by atoms with van der Waals surface area (Å²) in [5, 5.41) is 6.16.